The number of amides is 1. The number of alkyl halides is 1. The standard InChI is InChI=1S/C12H13BrINO3/c1-18-12(17)10(14)7-15-11(16)6-8-3-2-4-9(13)5-8/h2-5,10H,6-7H2,1H3,(H,15,16). The number of ether oxygens (including phenoxy) is 1. The van der Waals surface area contributed by atoms with E-state index in [1.165, 1.54) is 7.11 Å². The second-order valence-corrected chi connectivity index (χ2v) is 6.02. The van der Waals surface area contributed by atoms with E-state index in [4.69, 9.17) is 0 Å². The van der Waals surface area contributed by atoms with Gasteiger partial charge in [-0.3, -0.25) is 9.59 Å². The van der Waals surface area contributed by atoms with E-state index in [1.807, 2.05) is 46.9 Å². The molecule has 0 saturated carbocycles. The van der Waals surface area contributed by atoms with Gasteiger partial charge in [0.05, 0.1) is 13.5 Å². The highest BCUT2D eigenvalue weighted by atomic mass is 127. The molecule has 0 radical (unpaired) electrons. The Balaban J connectivity index is 2.41. The van der Waals surface area contributed by atoms with Gasteiger partial charge in [-0.25, -0.2) is 0 Å². The highest BCUT2D eigenvalue weighted by Gasteiger charge is 2.15. The molecule has 6 heteroatoms. The van der Waals surface area contributed by atoms with E-state index in [9.17, 15) is 9.59 Å². The Labute approximate surface area is 128 Å². The first-order chi connectivity index (χ1) is 8.52. The lowest BCUT2D eigenvalue weighted by Crippen LogP contribution is -2.34. The van der Waals surface area contributed by atoms with Crippen LogP contribution >= 0.6 is 38.5 Å². The first-order valence-electron chi connectivity index (χ1n) is 5.26. The summed E-state index contributed by atoms with van der Waals surface area (Å²) < 4.78 is 5.15. The molecule has 98 valence electrons. The van der Waals surface area contributed by atoms with Gasteiger partial charge in [0.15, 0.2) is 0 Å². The summed E-state index contributed by atoms with van der Waals surface area (Å²) in [5.74, 6) is -0.447. The number of esters is 1. The molecular weight excluding hydrogens is 413 g/mol. The molecule has 0 heterocycles. The van der Waals surface area contributed by atoms with Crippen molar-refractivity contribution in [1.82, 2.24) is 5.32 Å². The lowest BCUT2D eigenvalue weighted by Gasteiger charge is -2.09. The summed E-state index contributed by atoms with van der Waals surface area (Å²) in [5, 5.41) is 2.70. The Morgan fingerprint density at radius 2 is 2.22 bits per heavy atom. The van der Waals surface area contributed by atoms with Gasteiger partial charge >= 0.3 is 5.97 Å². The third kappa shape index (κ3) is 5.34. The van der Waals surface area contributed by atoms with Crippen LogP contribution in [0.25, 0.3) is 0 Å². The average Bonchev–Trinajstić information content (AvgIpc) is 2.35. The van der Waals surface area contributed by atoms with E-state index in [-0.39, 0.29) is 22.3 Å². The number of benzene rings is 1. The van der Waals surface area contributed by atoms with Gasteiger partial charge < -0.3 is 10.1 Å². The smallest absolute Gasteiger partial charge is 0.320 e. The minimum Gasteiger partial charge on any atom is -0.468 e. The second-order valence-electron chi connectivity index (χ2n) is 3.60. The first kappa shape index (κ1) is 15.4. The fraction of sp³-hybridized carbons (Fsp3) is 0.333. The molecule has 1 unspecified atom stereocenters. The molecule has 0 spiro atoms. The normalized spacial score (nSPS) is 11.7. The number of hydrogen-bond acceptors (Lipinski definition) is 3. The number of carbonyl (C=O) groups excluding carboxylic acids is 2. The quantitative estimate of drug-likeness (QED) is 0.446. The van der Waals surface area contributed by atoms with Gasteiger partial charge in [0, 0.05) is 11.0 Å². The van der Waals surface area contributed by atoms with E-state index >= 15 is 0 Å². The Bertz CT molecular complexity index is 439. The maximum Gasteiger partial charge on any atom is 0.320 e. The van der Waals surface area contributed by atoms with Crippen LogP contribution in [-0.4, -0.2) is 29.5 Å². The van der Waals surface area contributed by atoms with E-state index in [2.05, 4.69) is 26.0 Å². The molecule has 1 rings (SSSR count). The van der Waals surface area contributed by atoms with Crippen molar-refractivity contribution in [3.05, 3.63) is 34.3 Å². The van der Waals surface area contributed by atoms with Gasteiger partial charge in [-0.1, -0.05) is 50.7 Å². The van der Waals surface area contributed by atoms with Crippen LogP contribution in [0, 0.1) is 0 Å². The molecule has 0 aromatic heterocycles. The van der Waals surface area contributed by atoms with Crippen molar-refractivity contribution in [1.29, 1.82) is 0 Å². The van der Waals surface area contributed by atoms with Crippen LogP contribution in [0.3, 0.4) is 0 Å². The van der Waals surface area contributed by atoms with Crippen molar-refractivity contribution < 1.29 is 14.3 Å². The Hall–Kier alpha value is -0.630. The predicted octanol–water partition coefficient (Wildman–Crippen LogP) is 2.08. The molecule has 0 saturated heterocycles. The van der Waals surface area contributed by atoms with Crippen molar-refractivity contribution in [3.63, 3.8) is 0 Å². The molecule has 0 aliphatic rings. The van der Waals surface area contributed by atoms with Gasteiger partial charge in [0.1, 0.15) is 3.92 Å². The zero-order valence-corrected chi connectivity index (χ0v) is 13.5. The van der Waals surface area contributed by atoms with Crippen LogP contribution in [0.5, 0.6) is 0 Å². The Kier molecular flexibility index (Phi) is 6.62. The summed E-state index contributed by atoms with van der Waals surface area (Å²) >= 11 is 5.29. The molecule has 0 aliphatic carbocycles. The number of carbonyl (C=O) groups is 2. The minimum atomic E-state index is -0.362. The third-order valence-corrected chi connectivity index (χ3v) is 3.63. The van der Waals surface area contributed by atoms with Gasteiger partial charge in [-0.15, -0.1) is 0 Å². The monoisotopic (exact) mass is 425 g/mol. The summed E-state index contributed by atoms with van der Waals surface area (Å²) in [6, 6.07) is 7.55. The lowest BCUT2D eigenvalue weighted by atomic mass is 10.1. The first-order valence-corrected chi connectivity index (χ1v) is 7.30. The van der Waals surface area contributed by atoms with Crippen molar-refractivity contribution in [2.45, 2.75) is 10.3 Å². The van der Waals surface area contributed by atoms with Gasteiger partial charge in [-0.2, -0.15) is 0 Å². The number of halogens is 2. The van der Waals surface area contributed by atoms with E-state index in [1.54, 1.807) is 0 Å². The highest BCUT2D eigenvalue weighted by molar-refractivity contribution is 14.1. The summed E-state index contributed by atoms with van der Waals surface area (Å²) in [6.45, 7) is 0.278. The average molecular weight is 426 g/mol. The maximum atomic E-state index is 11.7. The van der Waals surface area contributed by atoms with Crippen LogP contribution in [-0.2, 0) is 20.7 Å². The molecular formula is C12H13BrINO3. The fourth-order valence-electron chi connectivity index (χ4n) is 1.31. The van der Waals surface area contributed by atoms with Gasteiger partial charge in [0.25, 0.3) is 0 Å². The molecule has 1 N–H and O–H groups in total. The highest BCUT2D eigenvalue weighted by Crippen LogP contribution is 2.12. The molecule has 0 bridgehead atoms. The number of methoxy groups -OCH3 is 1. The number of rotatable bonds is 5. The molecule has 1 amide bonds. The minimum absolute atomic E-state index is 0.112. The summed E-state index contributed by atoms with van der Waals surface area (Å²) in [7, 11) is 1.33. The van der Waals surface area contributed by atoms with Gasteiger partial charge in [0.2, 0.25) is 5.91 Å². The molecule has 18 heavy (non-hydrogen) atoms. The summed E-state index contributed by atoms with van der Waals surface area (Å²) in [6.07, 6.45) is 0.296. The van der Waals surface area contributed by atoms with Crippen molar-refractivity contribution in [3.8, 4) is 0 Å². The van der Waals surface area contributed by atoms with E-state index < -0.39 is 0 Å². The molecule has 0 fully saturated rings. The Morgan fingerprint density at radius 3 is 2.83 bits per heavy atom. The van der Waals surface area contributed by atoms with Gasteiger partial charge in [-0.05, 0) is 17.7 Å². The fourth-order valence-corrected chi connectivity index (χ4v) is 2.23. The zero-order chi connectivity index (χ0) is 13.5. The van der Waals surface area contributed by atoms with E-state index in [0.29, 0.717) is 6.42 Å². The van der Waals surface area contributed by atoms with Crippen LogP contribution in [0.1, 0.15) is 5.56 Å². The topological polar surface area (TPSA) is 55.4 Å². The van der Waals surface area contributed by atoms with Crippen LogP contribution < -0.4 is 5.32 Å². The van der Waals surface area contributed by atoms with Crippen LogP contribution in [0.15, 0.2) is 28.7 Å². The lowest BCUT2D eigenvalue weighted by molar-refractivity contribution is -0.139. The van der Waals surface area contributed by atoms with Crippen molar-refractivity contribution in [2.24, 2.45) is 0 Å². The molecule has 0 aliphatic heterocycles. The second kappa shape index (κ2) is 7.73. The molecule has 1 aromatic rings. The predicted molar refractivity (Wildman–Crippen MR) is 80.7 cm³/mol. The number of hydrogen-bond donors (Lipinski definition) is 1. The van der Waals surface area contributed by atoms with E-state index in [0.717, 1.165) is 10.0 Å². The maximum absolute atomic E-state index is 11.7. The van der Waals surface area contributed by atoms with Crippen molar-refractivity contribution >= 4 is 50.4 Å². The molecule has 1 atom stereocenters. The molecule has 4 nitrogen and oxygen atoms in total. The zero-order valence-electron chi connectivity index (χ0n) is 9.78. The largest absolute Gasteiger partial charge is 0.468 e. The molecule has 1 aromatic carbocycles. The Morgan fingerprint density at radius 1 is 1.50 bits per heavy atom. The van der Waals surface area contributed by atoms with Crippen molar-refractivity contribution in [2.75, 3.05) is 13.7 Å². The summed E-state index contributed by atoms with van der Waals surface area (Å²) in [5.41, 5.74) is 0.921. The SMILES string of the molecule is COC(=O)C(I)CNC(=O)Cc1cccc(Br)c1. The number of nitrogens with one attached hydrogen (secondary N) is 1. The van der Waals surface area contributed by atoms with Crippen LogP contribution in [0.4, 0.5) is 0 Å². The summed E-state index contributed by atoms with van der Waals surface area (Å²) in [4.78, 5) is 22.8. The third-order valence-electron chi connectivity index (χ3n) is 2.19. The van der Waals surface area contributed by atoms with Crippen LogP contribution in [0.2, 0.25) is 0 Å².